The Morgan fingerprint density at radius 3 is 2.59 bits per heavy atom. The van der Waals surface area contributed by atoms with Gasteiger partial charge in [-0.15, -0.1) is 0 Å². The van der Waals surface area contributed by atoms with Crippen molar-refractivity contribution in [3.63, 3.8) is 0 Å². The maximum atomic E-state index is 11.7. The van der Waals surface area contributed by atoms with Crippen molar-refractivity contribution in [2.75, 3.05) is 36.7 Å². The molecule has 4 heterocycles. The topological polar surface area (TPSA) is 123 Å². The van der Waals surface area contributed by atoms with Gasteiger partial charge in [-0.3, -0.25) is 8.78 Å². The van der Waals surface area contributed by atoms with E-state index in [-0.39, 0.29) is 0 Å². The van der Waals surface area contributed by atoms with Crippen LogP contribution in [0.15, 0.2) is 48.8 Å². The first-order valence-corrected chi connectivity index (χ1v) is 14.7. The molecular weight excluding hydrogens is 514 g/mol. The van der Waals surface area contributed by atoms with E-state index < -0.39 is 16.9 Å². The van der Waals surface area contributed by atoms with Gasteiger partial charge < -0.3 is 25.5 Å². The Morgan fingerprint density at radius 2 is 1.92 bits per heavy atom. The van der Waals surface area contributed by atoms with Crippen LogP contribution in [0, 0.1) is 0 Å². The molecule has 0 saturated carbocycles. The molecule has 0 spiro atoms. The lowest BCUT2D eigenvalue weighted by Crippen LogP contribution is -2.38. The fourth-order valence-electron chi connectivity index (χ4n) is 4.71. The predicted octanol–water partition coefficient (Wildman–Crippen LogP) is 2.37. The van der Waals surface area contributed by atoms with Crippen LogP contribution in [0.5, 0.6) is 0 Å². The van der Waals surface area contributed by atoms with E-state index in [0.29, 0.717) is 11.7 Å². The lowest BCUT2D eigenvalue weighted by atomic mass is 10.1. The van der Waals surface area contributed by atoms with Crippen molar-refractivity contribution in [3.8, 4) is 11.3 Å². The highest BCUT2D eigenvalue weighted by molar-refractivity contribution is 7.93. The minimum atomic E-state index is -2.98. The van der Waals surface area contributed by atoms with Crippen LogP contribution < -0.4 is 5.32 Å². The lowest BCUT2D eigenvalue weighted by molar-refractivity contribution is -0.289. The van der Waals surface area contributed by atoms with Gasteiger partial charge in [0.05, 0.1) is 11.9 Å². The minimum Gasteiger partial charge on any atom is -0.325 e. The van der Waals surface area contributed by atoms with Crippen LogP contribution in [0.3, 0.4) is 0 Å². The Kier molecular flexibility index (Phi) is 7.59. The number of benzene rings is 1. The lowest BCUT2D eigenvalue weighted by Gasteiger charge is -2.30. The number of hydrogen-bond acceptors (Lipinski definition) is 10. The number of anilines is 1. The summed E-state index contributed by atoms with van der Waals surface area (Å²) in [5.41, 5.74) is 3.98. The van der Waals surface area contributed by atoms with Gasteiger partial charge in [0.2, 0.25) is 0 Å². The van der Waals surface area contributed by atoms with Crippen LogP contribution >= 0.6 is 12.0 Å². The highest BCUT2D eigenvalue weighted by atomic mass is 32.2. The van der Waals surface area contributed by atoms with Gasteiger partial charge in [0.1, 0.15) is 5.65 Å². The Hall–Kier alpha value is -2.45. The van der Waals surface area contributed by atoms with E-state index in [1.807, 2.05) is 23.1 Å². The van der Waals surface area contributed by atoms with Gasteiger partial charge in [-0.1, -0.05) is 12.1 Å². The van der Waals surface area contributed by atoms with E-state index in [2.05, 4.69) is 29.5 Å². The smallest absolute Gasteiger partial charge is 0.325 e. The maximum absolute atomic E-state index is 11.7. The van der Waals surface area contributed by atoms with E-state index in [1.54, 1.807) is 29.3 Å². The molecular formula is C25H31N5O5S2. The highest BCUT2D eigenvalue weighted by Gasteiger charge is 2.28. The molecule has 37 heavy (non-hydrogen) atoms. The number of hydroxylamine groups is 2. The molecule has 10 nitrogen and oxygen atoms in total. The summed E-state index contributed by atoms with van der Waals surface area (Å²) in [6.45, 7) is 0.902. The maximum Gasteiger partial charge on any atom is 0.367 e. The quantitative estimate of drug-likeness (QED) is 0.223. The average molecular weight is 546 g/mol. The van der Waals surface area contributed by atoms with Crippen LogP contribution in [-0.4, -0.2) is 82.5 Å². The second-order valence-electron chi connectivity index (χ2n) is 9.29. The summed E-state index contributed by atoms with van der Waals surface area (Å²) in [6, 6.07) is 11.4. The SMILES string of the molecule is CSON1C=C1n1cc(CCN(C)C2CCS(=O)CC2)c2ccc(-c3ccc(NC(O)(O)O)cc3)nc21. The van der Waals surface area contributed by atoms with Crippen molar-refractivity contribution >= 4 is 45.4 Å². The number of aliphatic hydroxyl groups is 3. The summed E-state index contributed by atoms with van der Waals surface area (Å²) in [5, 5.41) is 32.4. The first-order valence-electron chi connectivity index (χ1n) is 12.1. The summed E-state index contributed by atoms with van der Waals surface area (Å²) in [7, 11) is 1.49. The third kappa shape index (κ3) is 6.17. The van der Waals surface area contributed by atoms with Gasteiger partial charge in [0.25, 0.3) is 0 Å². The van der Waals surface area contributed by atoms with Crippen molar-refractivity contribution in [2.24, 2.45) is 0 Å². The molecule has 2 aromatic heterocycles. The molecule has 4 N–H and O–H groups in total. The molecule has 2 aliphatic rings. The largest absolute Gasteiger partial charge is 0.367 e. The molecule has 1 saturated heterocycles. The fourth-order valence-corrected chi connectivity index (χ4v) is 6.26. The number of rotatable bonds is 10. The summed E-state index contributed by atoms with van der Waals surface area (Å²) in [4.78, 5) is 7.35. The standard InChI is InChI=1S/C25H31N5O5S2/c1-28(20-10-13-37(34)14-11-20)12-9-18-15-29(23-16-30(23)35-36-2)24-21(18)7-8-22(26-24)17-3-5-19(6-4-17)27-25(31,32)33/h3-8,15-16,20,27,31-33H,9-14H2,1-2H3. The normalized spacial score (nSPS) is 19.9. The number of nitrogens with one attached hydrogen (secondary N) is 1. The molecule has 3 aromatic rings. The Bertz CT molecular complexity index is 1310. The van der Waals surface area contributed by atoms with E-state index in [0.717, 1.165) is 65.4 Å². The van der Waals surface area contributed by atoms with Gasteiger partial charge in [-0.2, -0.15) is 9.35 Å². The van der Waals surface area contributed by atoms with Crippen LogP contribution in [0.25, 0.3) is 28.1 Å². The zero-order valence-electron chi connectivity index (χ0n) is 20.7. The number of aromatic nitrogens is 2. The van der Waals surface area contributed by atoms with Gasteiger partial charge >= 0.3 is 6.10 Å². The first kappa shape index (κ1) is 26.2. The van der Waals surface area contributed by atoms with Crippen LogP contribution in [0.4, 0.5) is 5.69 Å². The zero-order chi connectivity index (χ0) is 26.2. The van der Waals surface area contributed by atoms with E-state index in [9.17, 15) is 4.21 Å². The van der Waals surface area contributed by atoms with Crippen LogP contribution in [0.2, 0.25) is 0 Å². The van der Waals surface area contributed by atoms with Gasteiger partial charge in [-0.25, -0.2) is 4.98 Å². The molecule has 12 heteroatoms. The van der Waals surface area contributed by atoms with E-state index >= 15 is 0 Å². The second kappa shape index (κ2) is 10.7. The third-order valence-electron chi connectivity index (χ3n) is 6.73. The Labute approximate surface area is 222 Å². The van der Waals surface area contributed by atoms with Gasteiger partial charge in [0.15, 0.2) is 5.82 Å². The number of nitrogens with zero attached hydrogens (tertiary/aromatic N) is 4. The number of pyridine rings is 1. The minimum absolute atomic E-state index is 0.351. The first-order chi connectivity index (χ1) is 17.7. The molecule has 2 aliphatic heterocycles. The molecule has 0 bridgehead atoms. The summed E-state index contributed by atoms with van der Waals surface area (Å²) in [6.07, 6.45) is 5.74. The van der Waals surface area contributed by atoms with Gasteiger partial charge in [-0.05, 0) is 56.1 Å². The summed E-state index contributed by atoms with van der Waals surface area (Å²) >= 11 is 1.27. The van der Waals surface area contributed by atoms with Crippen LogP contribution in [0.1, 0.15) is 18.4 Å². The molecule has 0 radical (unpaired) electrons. The molecule has 5 rings (SSSR count). The molecule has 0 atom stereocenters. The number of fused-ring (bicyclic) bond motifs is 1. The summed E-state index contributed by atoms with van der Waals surface area (Å²) in [5.74, 6) is 2.49. The Morgan fingerprint density at radius 1 is 1.19 bits per heavy atom. The van der Waals surface area contributed by atoms with Crippen LogP contribution in [-0.2, 0) is 21.5 Å². The number of hydrogen-bond donors (Lipinski definition) is 4. The van der Waals surface area contributed by atoms with E-state index in [1.165, 1.54) is 17.6 Å². The molecule has 1 aromatic carbocycles. The summed E-state index contributed by atoms with van der Waals surface area (Å²) < 4.78 is 19.3. The molecule has 198 valence electrons. The molecule has 1 fully saturated rings. The van der Waals surface area contributed by atoms with Crippen molar-refractivity contribution < 1.29 is 23.8 Å². The van der Waals surface area contributed by atoms with Crippen molar-refractivity contribution in [2.45, 2.75) is 31.4 Å². The predicted molar refractivity (Wildman–Crippen MR) is 146 cm³/mol. The molecule has 0 aliphatic carbocycles. The third-order valence-corrected chi connectivity index (χ3v) is 8.43. The second-order valence-corrected chi connectivity index (χ2v) is 11.5. The average Bonchev–Trinajstić information content (AvgIpc) is 3.53. The van der Waals surface area contributed by atoms with Crippen molar-refractivity contribution in [1.29, 1.82) is 0 Å². The molecule has 0 unspecified atom stereocenters. The van der Waals surface area contributed by atoms with Gasteiger partial charge in [0, 0.05) is 76.0 Å². The van der Waals surface area contributed by atoms with Crippen molar-refractivity contribution in [1.82, 2.24) is 19.5 Å². The molecule has 0 amide bonds. The van der Waals surface area contributed by atoms with E-state index in [4.69, 9.17) is 24.6 Å². The monoisotopic (exact) mass is 545 g/mol. The van der Waals surface area contributed by atoms with Crippen molar-refractivity contribution in [3.05, 3.63) is 54.4 Å². The Balaban J connectivity index is 1.39. The zero-order valence-corrected chi connectivity index (χ0v) is 22.3. The highest BCUT2D eigenvalue weighted by Crippen LogP contribution is 2.35. The fraction of sp³-hybridized carbons (Fsp3) is 0.400. The number of likely N-dealkylation sites (N-methyl/N-ethyl adjacent to an activating group) is 1.